The highest BCUT2D eigenvalue weighted by Gasteiger charge is 2.02. The summed E-state index contributed by atoms with van der Waals surface area (Å²) in [4.78, 5) is 4.14. The summed E-state index contributed by atoms with van der Waals surface area (Å²) in [5, 5.41) is 0. The van der Waals surface area contributed by atoms with Crippen molar-refractivity contribution in [3.8, 4) is 5.75 Å². The first-order valence-electron chi connectivity index (χ1n) is 4.71. The third kappa shape index (κ3) is 2.28. The van der Waals surface area contributed by atoms with Gasteiger partial charge in [-0.1, -0.05) is 18.2 Å². The number of hydrogen-bond donors (Lipinski definition) is 1. The third-order valence-corrected chi connectivity index (χ3v) is 2.10. The second kappa shape index (κ2) is 4.04. The van der Waals surface area contributed by atoms with E-state index in [1.54, 1.807) is 6.20 Å². The van der Waals surface area contributed by atoms with Gasteiger partial charge in [-0.3, -0.25) is 0 Å². The van der Waals surface area contributed by atoms with Crippen molar-refractivity contribution in [3.63, 3.8) is 0 Å². The van der Waals surface area contributed by atoms with Crippen molar-refractivity contribution in [1.82, 2.24) is 9.55 Å². The smallest absolute Gasteiger partial charge is 0.149 e. The minimum Gasteiger partial charge on any atom is -0.486 e. The molecule has 2 aromatic rings. The number of aryl methyl sites for hydroxylation is 1. The maximum atomic E-state index is 5.56. The minimum absolute atomic E-state index is 0.428. The summed E-state index contributed by atoms with van der Waals surface area (Å²) in [7, 11) is 1.90. The van der Waals surface area contributed by atoms with Crippen molar-refractivity contribution < 1.29 is 4.74 Å². The molecule has 4 heteroatoms. The van der Waals surface area contributed by atoms with E-state index in [2.05, 4.69) is 4.98 Å². The highest BCUT2D eigenvalue weighted by atomic mass is 16.5. The summed E-state index contributed by atoms with van der Waals surface area (Å²) in [5.74, 6) is 2.17. The summed E-state index contributed by atoms with van der Waals surface area (Å²) in [6.45, 7) is 0.428. The molecule has 78 valence electrons. The van der Waals surface area contributed by atoms with Crippen LogP contribution in [0.1, 0.15) is 5.82 Å². The molecule has 0 radical (unpaired) electrons. The Morgan fingerprint density at radius 2 is 2.07 bits per heavy atom. The molecule has 2 rings (SSSR count). The lowest BCUT2D eigenvalue weighted by Gasteiger charge is -2.05. The van der Waals surface area contributed by atoms with E-state index in [-0.39, 0.29) is 0 Å². The number of para-hydroxylation sites is 1. The van der Waals surface area contributed by atoms with Gasteiger partial charge in [-0.05, 0) is 12.1 Å². The molecule has 0 fully saturated rings. The Labute approximate surface area is 88.3 Å². The predicted molar refractivity (Wildman–Crippen MR) is 58.4 cm³/mol. The molecule has 0 atom stereocenters. The summed E-state index contributed by atoms with van der Waals surface area (Å²) < 4.78 is 7.41. The maximum absolute atomic E-state index is 5.56. The van der Waals surface area contributed by atoms with Gasteiger partial charge in [0.1, 0.15) is 24.0 Å². The van der Waals surface area contributed by atoms with E-state index in [1.807, 2.05) is 41.9 Å². The van der Waals surface area contributed by atoms with Gasteiger partial charge < -0.3 is 15.0 Å². The Hall–Kier alpha value is -1.97. The van der Waals surface area contributed by atoms with E-state index < -0.39 is 0 Å². The summed E-state index contributed by atoms with van der Waals surface area (Å²) >= 11 is 0. The van der Waals surface area contributed by atoms with Gasteiger partial charge in [0.15, 0.2) is 0 Å². The number of anilines is 1. The summed E-state index contributed by atoms with van der Waals surface area (Å²) in [5.41, 5.74) is 5.56. The SMILES string of the molecule is Cn1cc(N)nc1COc1ccccc1. The molecule has 0 saturated carbocycles. The monoisotopic (exact) mass is 203 g/mol. The Morgan fingerprint density at radius 1 is 1.33 bits per heavy atom. The average Bonchev–Trinajstić information content (AvgIpc) is 2.56. The van der Waals surface area contributed by atoms with Crippen LogP contribution in [-0.4, -0.2) is 9.55 Å². The van der Waals surface area contributed by atoms with E-state index >= 15 is 0 Å². The summed E-state index contributed by atoms with van der Waals surface area (Å²) in [6, 6.07) is 9.63. The van der Waals surface area contributed by atoms with Crippen molar-refractivity contribution in [2.75, 3.05) is 5.73 Å². The van der Waals surface area contributed by atoms with Crippen LogP contribution in [0, 0.1) is 0 Å². The highest BCUT2D eigenvalue weighted by molar-refractivity contribution is 5.26. The Balaban J connectivity index is 2.02. The zero-order valence-corrected chi connectivity index (χ0v) is 8.55. The first kappa shape index (κ1) is 9.58. The second-order valence-electron chi connectivity index (χ2n) is 3.29. The molecule has 0 aliphatic heterocycles. The predicted octanol–water partition coefficient (Wildman–Crippen LogP) is 1.58. The molecule has 1 aromatic carbocycles. The molecule has 2 N–H and O–H groups in total. The van der Waals surface area contributed by atoms with Gasteiger partial charge in [0.25, 0.3) is 0 Å². The van der Waals surface area contributed by atoms with E-state index in [4.69, 9.17) is 10.5 Å². The van der Waals surface area contributed by atoms with Crippen LogP contribution in [0.3, 0.4) is 0 Å². The Morgan fingerprint density at radius 3 is 2.67 bits per heavy atom. The molecule has 0 bridgehead atoms. The minimum atomic E-state index is 0.428. The normalized spacial score (nSPS) is 10.2. The largest absolute Gasteiger partial charge is 0.486 e. The van der Waals surface area contributed by atoms with E-state index in [9.17, 15) is 0 Å². The van der Waals surface area contributed by atoms with Crippen LogP contribution in [0.2, 0.25) is 0 Å². The van der Waals surface area contributed by atoms with Gasteiger partial charge in [0.2, 0.25) is 0 Å². The summed E-state index contributed by atoms with van der Waals surface area (Å²) in [6.07, 6.45) is 1.77. The lowest BCUT2D eigenvalue weighted by Crippen LogP contribution is -2.02. The van der Waals surface area contributed by atoms with Crippen LogP contribution in [0.4, 0.5) is 5.82 Å². The van der Waals surface area contributed by atoms with Gasteiger partial charge in [0.05, 0.1) is 0 Å². The molecular formula is C11H13N3O. The van der Waals surface area contributed by atoms with Crippen molar-refractivity contribution in [2.24, 2.45) is 7.05 Å². The number of aromatic nitrogens is 2. The van der Waals surface area contributed by atoms with Crippen molar-refractivity contribution in [1.29, 1.82) is 0 Å². The average molecular weight is 203 g/mol. The molecule has 15 heavy (non-hydrogen) atoms. The zero-order valence-electron chi connectivity index (χ0n) is 8.55. The zero-order chi connectivity index (χ0) is 10.7. The van der Waals surface area contributed by atoms with Gasteiger partial charge in [-0.25, -0.2) is 4.98 Å². The van der Waals surface area contributed by atoms with Crippen LogP contribution < -0.4 is 10.5 Å². The number of imidazole rings is 1. The fraction of sp³-hybridized carbons (Fsp3) is 0.182. The number of benzene rings is 1. The quantitative estimate of drug-likeness (QED) is 0.824. The Kier molecular flexibility index (Phi) is 2.58. The first-order chi connectivity index (χ1) is 7.25. The van der Waals surface area contributed by atoms with Gasteiger partial charge >= 0.3 is 0 Å². The molecule has 0 unspecified atom stereocenters. The molecule has 1 heterocycles. The number of nitrogen functional groups attached to an aromatic ring is 1. The van der Waals surface area contributed by atoms with E-state index in [0.717, 1.165) is 11.6 Å². The topological polar surface area (TPSA) is 53.1 Å². The Bertz CT molecular complexity index is 436. The van der Waals surface area contributed by atoms with Crippen molar-refractivity contribution >= 4 is 5.82 Å². The van der Waals surface area contributed by atoms with E-state index in [1.165, 1.54) is 0 Å². The second-order valence-corrected chi connectivity index (χ2v) is 3.29. The fourth-order valence-electron chi connectivity index (χ4n) is 1.33. The lowest BCUT2D eigenvalue weighted by molar-refractivity contribution is 0.292. The van der Waals surface area contributed by atoms with Gasteiger partial charge in [0, 0.05) is 13.2 Å². The van der Waals surface area contributed by atoms with Gasteiger partial charge in [-0.15, -0.1) is 0 Å². The van der Waals surface area contributed by atoms with Crippen molar-refractivity contribution in [2.45, 2.75) is 6.61 Å². The molecule has 0 aliphatic carbocycles. The molecule has 0 spiro atoms. The first-order valence-corrected chi connectivity index (χ1v) is 4.71. The number of ether oxygens (including phenoxy) is 1. The number of nitrogens with two attached hydrogens (primary N) is 1. The number of hydrogen-bond acceptors (Lipinski definition) is 3. The van der Waals surface area contributed by atoms with Crippen LogP contribution >= 0.6 is 0 Å². The van der Waals surface area contributed by atoms with Crippen LogP contribution in [0.5, 0.6) is 5.75 Å². The fourth-order valence-corrected chi connectivity index (χ4v) is 1.33. The van der Waals surface area contributed by atoms with Gasteiger partial charge in [-0.2, -0.15) is 0 Å². The standard InChI is InChI=1S/C11H13N3O/c1-14-7-10(12)13-11(14)8-15-9-5-3-2-4-6-9/h2-7H,8,12H2,1H3. The molecule has 1 aromatic heterocycles. The third-order valence-electron chi connectivity index (χ3n) is 2.10. The van der Waals surface area contributed by atoms with Crippen LogP contribution in [0.15, 0.2) is 36.5 Å². The number of nitrogens with zero attached hydrogens (tertiary/aromatic N) is 2. The molecule has 0 saturated heterocycles. The molecule has 4 nitrogen and oxygen atoms in total. The lowest BCUT2D eigenvalue weighted by atomic mass is 10.3. The molecule has 0 amide bonds. The van der Waals surface area contributed by atoms with Crippen LogP contribution in [-0.2, 0) is 13.7 Å². The number of rotatable bonds is 3. The van der Waals surface area contributed by atoms with E-state index in [0.29, 0.717) is 12.4 Å². The van der Waals surface area contributed by atoms with Crippen LogP contribution in [0.25, 0.3) is 0 Å². The van der Waals surface area contributed by atoms with Crippen molar-refractivity contribution in [3.05, 3.63) is 42.4 Å². The highest BCUT2D eigenvalue weighted by Crippen LogP contribution is 2.11. The maximum Gasteiger partial charge on any atom is 0.149 e. The molecular weight excluding hydrogens is 190 g/mol. The molecule has 0 aliphatic rings.